The number of nitrogens with zero attached hydrogens (tertiary/aromatic N) is 2. The predicted molar refractivity (Wildman–Crippen MR) is 46.4 cm³/mol. The molecule has 0 spiro atoms. The van der Waals surface area contributed by atoms with Gasteiger partial charge in [0.05, 0.1) is 5.69 Å². The van der Waals surface area contributed by atoms with Crippen LogP contribution >= 0.6 is 11.3 Å². The molecule has 0 fully saturated rings. The maximum atomic E-state index is 5.42. The zero-order valence-electron chi connectivity index (χ0n) is 6.24. The van der Waals surface area contributed by atoms with Crippen LogP contribution in [0, 0.1) is 6.33 Å². The molecule has 61 valence electrons. The molecule has 0 saturated heterocycles. The summed E-state index contributed by atoms with van der Waals surface area (Å²) in [7, 11) is 0. The Hall–Kier alpha value is -1.20. The SMILES string of the molecule is NCc1csc(-c2c[nH][c]n2)n1. The third kappa shape index (κ3) is 1.24. The van der Waals surface area contributed by atoms with Crippen molar-refractivity contribution in [3.05, 3.63) is 23.6 Å². The number of hydrogen-bond donors (Lipinski definition) is 2. The second-order valence-corrected chi connectivity index (χ2v) is 3.10. The fraction of sp³-hybridized carbons (Fsp3) is 0.143. The zero-order chi connectivity index (χ0) is 8.39. The van der Waals surface area contributed by atoms with Crippen molar-refractivity contribution in [3.8, 4) is 10.7 Å². The average Bonchev–Trinajstić information content (AvgIpc) is 2.75. The summed E-state index contributed by atoms with van der Waals surface area (Å²) in [6, 6.07) is 0. The molecular formula is C7H7N4S. The first kappa shape index (κ1) is 7.45. The normalized spacial score (nSPS) is 10.4. The van der Waals surface area contributed by atoms with Gasteiger partial charge in [0.25, 0.3) is 0 Å². The summed E-state index contributed by atoms with van der Waals surface area (Å²) in [5.41, 5.74) is 7.14. The monoisotopic (exact) mass is 179 g/mol. The fourth-order valence-electron chi connectivity index (χ4n) is 0.853. The topological polar surface area (TPSA) is 67.6 Å². The van der Waals surface area contributed by atoms with Crippen LogP contribution in [0.2, 0.25) is 0 Å². The highest BCUT2D eigenvalue weighted by molar-refractivity contribution is 7.13. The number of nitrogens with two attached hydrogens (primary N) is 1. The van der Waals surface area contributed by atoms with Crippen LogP contribution in [0.3, 0.4) is 0 Å². The lowest BCUT2D eigenvalue weighted by molar-refractivity contribution is 1.01. The standard InChI is InChI=1S/C7H7N4S/c8-1-5-3-12-7(11-5)6-2-9-4-10-6/h2-3H,1,8H2,(H,9,10). The minimum atomic E-state index is 0.477. The van der Waals surface area contributed by atoms with E-state index >= 15 is 0 Å². The predicted octanol–water partition coefficient (Wildman–Crippen LogP) is 0.792. The maximum absolute atomic E-state index is 5.42. The number of aromatic amines is 1. The second-order valence-electron chi connectivity index (χ2n) is 2.25. The molecule has 2 aromatic heterocycles. The van der Waals surface area contributed by atoms with Crippen LogP contribution in [0.25, 0.3) is 10.7 Å². The van der Waals surface area contributed by atoms with Crippen LogP contribution in [0.4, 0.5) is 0 Å². The first-order valence-electron chi connectivity index (χ1n) is 3.46. The van der Waals surface area contributed by atoms with Gasteiger partial charge in [-0.2, -0.15) is 0 Å². The molecule has 4 nitrogen and oxygen atoms in total. The Morgan fingerprint density at radius 2 is 2.58 bits per heavy atom. The molecule has 0 saturated carbocycles. The van der Waals surface area contributed by atoms with Gasteiger partial charge in [0.15, 0.2) is 6.33 Å². The fourth-order valence-corrected chi connectivity index (χ4v) is 1.65. The largest absolute Gasteiger partial charge is 0.341 e. The van der Waals surface area contributed by atoms with Gasteiger partial charge in [0.1, 0.15) is 10.7 Å². The molecule has 0 aliphatic heterocycles. The lowest BCUT2D eigenvalue weighted by atomic mass is 10.5. The summed E-state index contributed by atoms with van der Waals surface area (Å²) >= 11 is 1.54. The van der Waals surface area contributed by atoms with E-state index in [-0.39, 0.29) is 0 Å². The van der Waals surface area contributed by atoms with E-state index < -0.39 is 0 Å². The zero-order valence-corrected chi connectivity index (χ0v) is 7.06. The van der Waals surface area contributed by atoms with Gasteiger partial charge in [-0.15, -0.1) is 11.3 Å². The highest BCUT2D eigenvalue weighted by Gasteiger charge is 2.04. The summed E-state index contributed by atoms with van der Waals surface area (Å²) < 4.78 is 0. The van der Waals surface area contributed by atoms with Crippen molar-refractivity contribution in [3.63, 3.8) is 0 Å². The first-order chi connectivity index (χ1) is 5.90. The molecule has 0 unspecified atom stereocenters. The number of H-pyrrole nitrogens is 1. The molecule has 0 aromatic carbocycles. The Morgan fingerprint density at radius 1 is 1.67 bits per heavy atom. The van der Waals surface area contributed by atoms with E-state index in [0.717, 1.165) is 16.4 Å². The van der Waals surface area contributed by atoms with E-state index in [1.165, 1.54) is 11.3 Å². The lowest BCUT2D eigenvalue weighted by Gasteiger charge is -1.85. The summed E-state index contributed by atoms with van der Waals surface area (Å²) in [6.07, 6.45) is 4.38. The third-order valence-corrected chi connectivity index (χ3v) is 2.34. The molecule has 12 heavy (non-hydrogen) atoms. The van der Waals surface area contributed by atoms with Crippen molar-refractivity contribution < 1.29 is 0 Å². The van der Waals surface area contributed by atoms with Crippen LogP contribution in [0.1, 0.15) is 5.69 Å². The molecule has 0 bridgehead atoms. The highest BCUT2D eigenvalue weighted by Crippen LogP contribution is 2.20. The van der Waals surface area contributed by atoms with Gasteiger partial charge in [-0.05, 0) is 0 Å². The van der Waals surface area contributed by atoms with Crippen LogP contribution in [-0.2, 0) is 6.54 Å². The van der Waals surface area contributed by atoms with Crippen LogP contribution < -0.4 is 5.73 Å². The molecule has 1 radical (unpaired) electrons. The van der Waals surface area contributed by atoms with E-state index in [1.807, 2.05) is 5.38 Å². The molecular weight excluding hydrogens is 172 g/mol. The number of thiazole rings is 1. The van der Waals surface area contributed by atoms with Gasteiger partial charge in [-0.25, -0.2) is 9.97 Å². The summed E-state index contributed by atoms with van der Waals surface area (Å²) in [5.74, 6) is 0. The average molecular weight is 179 g/mol. The molecule has 0 aliphatic carbocycles. The molecule has 0 atom stereocenters. The van der Waals surface area contributed by atoms with Gasteiger partial charge in [0.2, 0.25) is 0 Å². The minimum Gasteiger partial charge on any atom is -0.341 e. The van der Waals surface area contributed by atoms with E-state index in [4.69, 9.17) is 5.73 Å². The Labute approximate surface area is 73.5 Å². The highest BCUT2D eigenvalue weighted by atomic mass is 32.1. The van der Waals surface area contributed by atoms with E-state index in [1.54, 1.807) is 6.20 Å². The van der Waals surface area contributed by atoms with Gasteiger partial charge in [-0.1, -0.05) is 0 Å². The molecule has 5 heteroatoms. The molecule has 2 aromatic rings. The second kappa shape index (κ2) is 3.04. The minimum absolute atomic E-state index is 0.477. The third-order valence-electron chi connectivity index (χ3n) is 1.43. The number of nitrogens with one attached hydrogen (secondary N) is 1. The molecule has 2 heterocycles. The van der Waals surface area contributed by atoms with Crippen molar-refractivity contribution in [1.82, 2.24) is 15.0 Å². The van der Waals surface area contributed by atoms with Crippen LogP contribution in [-0.4, -0.2) is 15.0 Å². The first-order valence-corrected chi connectivity index (χ1v) is 4.34. The van der Waals surface area contributed by atoms with Gasteiger partial charge in [0, 0.05) is 18.1 Å². The van der Waals surface area contributed by atoms with E-state index in [9.17, 15) is 0 Å². The number of aromatic nitrogens is 3. The van der Waals surface area contributed by atoms with Crippen molar-refractivity contribution in [2.75, 3.05) is 0 Å². The smallest absolute Gasteiger partial charge is 0.174 e. The van der Waals surface area contributed by atoms with Crippen LogP contribution in [0.15, 0.2) is 11.6 Å². The summed E-state index contributed by atoms with van der Waals surface area (Å²) in [5, 5.41) is 2.82. The van der Waals surface area contributed by atoms with Crippen molar-refractivity contribution in [1.29, 1.82) is 0 Å². The Balaban J connectivity index is 2.35. The Morgan fingerprint density at radius 3 is 3.17 bits per heavy atom. The maximum Gasteiger partial charge on any atom is 0.174 e. The summed E-state index contributed by atoms with van der Waals surface area (Å²) in [4.78, 5) is 11.0. The van der Waals surface area contributed by atoms with Gasteiger partial charge >= 0.3 is 0 Å². The van der Waals surface area contributed by atoms with E-state index in [0.29, 0.717) is 6.54 Å². The van der Waals surface area contributed by atoms with Gasteiger partial charge in [-0.3, -0.25) is 0 Å². The lowest BCUT2D eigenvalue weighted by Crippen LogP contribution is -1.95. The molecule has 0 aliphatic rings. The summed E-state index contributed by atoms with van der Waals surface area (Å²) in [6.45, 7) is 0.477. The van der Waals surface area contributed by atoms with Crippen molar-refractivity contribution >= 4 is 11.3 Å². The van der Waals surface area contributed by atoms with Crippen LogP contribution in [0.5, 0.6) is 0 Å². The molecule has 0 amide bonds. The Kier molecular flexibility index (Phi) is 1.89. The molecule has 3 N–H and O–H groups in total. The van der Waals surface area contributed by atoms with Crippen molar-refractivity contribution in [2.24, 2.45) is 5.73 Å². The van der Waals surface area contributed by atoms with E-state index in [2.05, 4.69) is 21.3 Å². The number of imidazole rings is 1. The van der Waals surface area contributed by atoms with Crippen molar-refractivity contribution in [2.45, 2.75) is 6.54 Å². The molecule has 2 rings (SSSR count). The number of hydrogen-bond acceptors (Lipinski definition) is 4. The number of rotatable bonds is 2. The van der Waals surface area contributed by atoms with Gasteiger partial charge < -0.3 is 10.7 Å². The quantitative estimate of drug-likeness (QED) is 0.716. The Bertz CT molecular complexity index is 351.